The molecule has 0 fully saturated rings. The molecule has 1 N–H and O–H groups in total. The van der Waals surface area contributed by atoms with E-state index in [2.05, 4.69) is 4.72 Å². The van der Waals surface area contributed by atoms with E-state index in [9.17, 15) is 13.2 Å². The van der Waals surface area contributed by atoms with Crippen LogP contribution in [0.2, 0.25) is 0 Å². The van der Waals surface area contributed by atoms with E-state index in [4.69, 9.17) is 4.74 Å². The van der Waals surface area contributed by atoms with Crippen LogP contribution in [0.1, 0.15) is 32.3 Å². The fraction of sp³-hybridized carbons (Fsp3) is 0.562. The number of hydrogen-bond donors (Lipinski definition) is 1. The lowest BCUT2D eigenvalue weighted by Crippen LogP contribution is -2.38. The van der Waals surface area contributed by atoms with Gasteiger partial charge in [0, 0.05) is 20.0 Å². The molecule has 1 rings (SSSR count). The molecule has 0 aromatic heterocycles. The molecule has 0 spiro atoms. The molecule has 0 heterocycles. The Morgan fingerprint density at radius 1 is 1.35 bits per heavy atom. The Bertz CT molecular complexity index is 629. The molecular weight excluding hydrogens is 316 g/mol. The monoisotopic (exact) mass is 342 g/mol. The van der Waals surface area contributed by atoms with Crippen molar-refractivity contribution in [3.63, 3.8) is 0 Å². The molecule has 0 aliphatic rings. The second-order valence-corrected chi connectivity index (χ2v) is 7.34. The molecule has 0 aliphatic heterocycles. The number of benzene rings is 1. The molecule has 6 nitrogen and oxygen atoms in total. The van der Waals surface area contributed by atoms with E-state index in [0.29, 0.717) is 17.9 Å². The normalized spacial score (nSPS) is 11.3. The zero-order valence-corrected chi connectivity index (χ0v) is 15.1. The first-order valence-electron chi connectivity index (χ1n) is 7.70. The Labute approximate surface area is 138 Å². The van der Waals surface area contributed by atoms with Crippen LogP contribution in [0.25, 0.3) is 0 Å². The number of methoxy groups -OCH3 is 1. The summed E-state index contributed by atoms with van der Waals surface area (Å²) in [5.74, 6) is 0.526. The molecule has 23 heavy (non-hydrogen) atoms. The molecule has 0 atom stereocenters. The van der Waals surface area contributed by atoms with E-state index in [1.165, 1.54) is 11.8 Å². The highest BCUT2D eigenvalue weighted by atomic mass is 32.2. The minimum atomic E-state index is -3.29. The summed E-state index contributed by atoms with van der Waals surface area (Å²) in [5.41, 5.74) is 1.64. The van der Waals surface area contributed by atoms with Crippen LogP contribution in [-0.4, -0.2) is 40.3 Å². The van der Waals surface area contributed by atoms with Gasteiger partial charge in [0.1, 0.15) is 5.75 Å². The molecule has 0 unspecified atom stereocenters. The minimum Gasteiger partial charge on any atom is -0.495 e. The van der Waals surface area contributed by atoms with E-state index < -0.39 is 10.0 Å². The summed E-state index contributed by atoms with van der Waals surface area (Å²) in [6, 6.07) is 5.55. The average molecular weight is 342 g/mol. The number of rotatable bonds is 9. The first-order valence-corrected chi connectivity index (χ1v) is 9.36. The van der Waals surface area contributed by atoms with E-state index in [1.807, 2.05) is 26.0 Å². The van der Waals surface area contributed by atoms with Crippen LogP contribution < -0.4 is 14.4 Å². The van der Waals surface area contributed by atoms with Gasteiger partial charge in [-0.3, -0.25) is 4.79 Å². The molecule has 0 saturated carbocycles. The van der Waals surface area contributed by atoms with Gasteiger partial charge in [-0.1, -0.05) is 19.4 Å². The lowest BCUT2D eigenvalue weighted by atomic mass is 10.2. The fourth-order valence-corrected chi connectivity index (χ4v) is 3.39. The molecular formula is C16H26N2O4S. The third kappa shape index (κ3) is 6.19. The Kier molecular flexibility index (Phi) is 7.51. The van der Waals surface area contributed by atoms with Crippen molar-refractivity contribution in [1.82, 2.24) is 4.72 Å². The van der Waals surface area contributed by atoms with Gasteiger partial charge in [0.2, 0.25) is 15.9 Å². The van der Waals surface area contributed by atoms with Crippen LogP contribution in [0, 0.1) is 6.92 Å². The molecule has 1 aromatic rings. The van der Waals surface area contributed by atoms with Gasteiger partial charge in [0.25, 0.3) is 0 Å². The van der Waals surface area contributed by atoms with E-state index >= 15 is 0 Å². The fourth-order valence-electron chi connectivity index (χ4n) is 2.18. The largest absolute Gasteiger partial charge is 0.495 e. The topological polar surface area (TPSA) is 75.7 Å². The molecule has 130 valence electrons. The molecule has 0 saturated heterocycles. The van der Waals surface area contributed by atoms with E-state index in [1.54, 1.807) is 13.2 Å². The minimum absolute atomic E-state index is 0.108. The van der Waals surface area contributed by atoms with Gasteiger partial charge < -0.3 is 9.64 Å². The van der Waals surface area contributed by atoms with Crippen molar-refractivity contribution in [1.29, 1.82) is 0 Å². The van der Waals surface area contributed by atoms with E-state index in [-0.39, 0.29) is 24.7 Å². The summed E-state index contributed by atoms with van der Waals surface area (Å²) in [6.45, 7) is 5.74. The number of nitrogens with one attached hydrogen (secondary N) is 1. The second kappa shape index (κ2) is 8.88. The summed E-state index contributed by atoms with van der Waals surface area (Å²) < 4.78 is 31.5. The summed E-state index contributed by atoms with van der Waals surface area (Å²) in [6.07, 6.45) is 1.44. The smallest absolute Gasteiger partial charge is 0.224 e. The number of nitrogens with zero attached hydrogens (tertiary/aromatic N) is 1. The van der Waals surface area contributed by atoms with Crippen molar-refractivity contribution in [2.45, 2.75) is 33.6 Å². The highest BCUT2D eigenvalue weighted by Crippen LogP contribution is 2.29. The molecule has 1 amide bonds. The van der Waals surface area contributed by atoms with Gasteiger partial charge in [0.15, 0.2) is 0 Å². The summed E-state index contributed by atoms with van der Waals surface area (Å²) in [4.78, 5) is 13.5. The summed E-state index contributed by atoms with van der Waals surface area (Å²) >= 11 is 0. The number of amides is 1. The van der Waals surface area contributed by atoms with Gasteiger partial charge in [-0.05, 0) is 31.0 Å². The molecule has 0 aliphatic carbocycles. The molecule has 7 heteroatoms. The third-order valence-corrected chi connectivity index (χ3v) is 4.90. The number of hydrogen-bond acceptors (Lipinski definition) is 4. The number of ether oxygens (including phenoxy) is 1. The Morgan fingerprint density at radius 2 is 2.04 bits per heavy atom. The Balaban J connectivity index is 2.81. The maximum absolute atomic E-state index is 11.9. The lowest BCUT2D eigenvalue weighted by molar-refractivity contribution is -0.116. The van der Waals surface area contributed by atoms with Crippen molar-refractivity contribution < 1.29 is 17.9 Å². The van der Waals surface area contributed by atoms with Gasteiger partial charge >= 0.3 is 0 Å². The third-order valence-electron chi connectivity index (χ3n) is 3.43. The number of carbonyl (C=O) groups is 1. The summed E-state index contributed by atoms with van der Waals surface area (Å²) in [5, 5.41) is 0. The van der Waals surface area contributed by atoms with Crippen LogP contribution in [0.4, 0.5) is 5.69 Å². The van der Waals surface area contributed by atoms with Crippen molar-refractivity contribution in [2.24, 2.45) is 0 Å². The first kappa shape index (κ1) is 19.4. The number of carbonyl (C=O) groups excluding carboxylic acids is 1. The van der Waals surface area contributed by atoms with Crippen LogP contribution in [-0.2, 0) is 14.8 Å². The highest BCUT2D eigenvalue weighted by Gasteiger charge is 2.17. The number of aryl methyl sites for hydroxylation is 1. The maximum atomic E-state index is 11.9. The summed E-state index contributed by atoms with van der Waals surface area (Å²) in [7, 11) is -1.75. The number of sulfonamides is 1. The zero-order chi connectivity index (χ0) is 17.5. The zero-order valence-electron chi connectivity index (χ0n) is 14.3. The standard InChI is InChI=1S/C16H26N2O4S/c1-5-6-11-23(20,21)17-9-10-18(14(3)19)15-12-13(2)7-8-16(15)22-4/h7-8,12,17H,5-6,9-11H2,1-4H3. The van der Waals surface area contributed by atoms with Crippen molar-refractivity contribution in [2.75, 3.05) is 30.9 Å². The number of anilines is 1. The average Bonchev–Trinajstić information content (AvgIpc) is 2.49. The van der Waals surface area contributed by atoms with Crippen LogP contribution in [0.5, 0.6) is 5.75 Å². The van der Waals surface area contributed by atoms with Crippen molar-refractivity contribution in [3.8, 4) is 5.75 Å². The lowest BCUT2D eigenvalue weighted by Gasteiger charge is -2.24. The predicted octanol–water partition coefficient (Wildman–Crippen LogP) is 2.08. The van der Waals surface area contributed by atoms with Crippen LogP contribution >= 0.6 is 0 Å². The molecule has 0 bridgehead atoms. The Hall–Kier alpha value is -1.60. The van der Waals surface area contributed by atoms with Gasteiger partial charge in [-0.25, -0.2) is 13.1 Å². The van der Waals surface area contributed by atoms with Gasteiger partial charge in [0.05, 0.1) is 18.6 Å². The second-order valence-electron chi connectivity index (χ2n) is 5.41. The first-order chi connectivity index (χ1) is 10.8. The van der Waals surface area contributed by atoms with Crippen LogP contribution in [0.15, 0.2) is 18.2 Å². The highest BCUT2D eigenvalue weighted by molar-refractivity contribution is 7.89. The Morgan fingerprint density at radius 3 is 2.61 bits per heavy atom. The van der Waals surface area contributed by atoms with Gasteiger partial charge in [-0.15, -0.1) is 0 Å². The number of unbranched alkanes of at least 4 members (excludes halogenated alkanes) is 1. The molecule has 0 radical (unpaired) electrons. The van der Waals surface area contributed by atoms with Crippen LogP contribution in [0.3, 0.4) is 0 Å². The van der Waals surface area contributed by atoms with Crippen molar-refractivity contribution in [3.05, 3.63) is 23.8 Å². The van der Waals surface area contributed by atoms with E-state index in [0.717, 1.165) is 12.0 Å². The molecule has 1 aromatic carbocycles. The maximum Gasteiger partial charge on any atom is 0.224 e. The SMILES string of the molecule is CCCCS(=O)(=O)NCCN(C(C)=O)c1cc(C)ccc1OC. The van der Waals surface area contributed by atoms with Crippen molar-refractivity contribution >= 4 is 21.6 Å². The quantitative estimate of drug-likeness (QED) is 0.745. The van der Waals surface area contributed by atoms with Gasteiger partial charge in [-0.2, -0.15) is 0 Å². The predicted molar refractivity (Wildman–Crippen MR) is 92.5 cm³/mol.